The Morgan fingerprint density at radius 2 is 1.96 bits per heavy atom. The van der Waals surface area contributed by atoms with Gasteiger partial charge in [-0.05, 0) is 25.2 Å². The van der Waals surface area contributed by atoms with E-state index >= 15 is 0 Å². The molecule has 3 unspecified atom stereocenters. The summed E-state index contributed by atoms with van der Waals surface area (Å²) in [6.45, 7) is 0. The third kappa shape index (κ3) is 2.47. The van der Waals surface area contributed by atoms with E-state index in [4.69, 9.17) is 0 Å². The number of H-pyrrole nitrogens is 1. The third-order valence-electron chi connectivity index (χ3n) is 5.02. The highest BCUT2D eigenvalue weighted by atomic mass is 16.4. The molecule has 8 nitrogen and oxygen atoms in total. The Bertz CT molecular complexity index is 765. The van der Waals surface area contributed by atoms with Gasteiger partial charge in [-0.15, -0.1) is 0 Å². The fourth-order valence-corrected chi connectivity index (χ4v) is 3.83. The van der Waals surface area contributed by atoms with Crippen molar-refractivity contribution in [3.8, 4) is 0 Å². The molecule has 2 N–H and O–H groups in total. The molecule has 23 heavy (non-hydrogen) atoms. The van der Waals surface area contributed by atoms with E-state index < -0.39 is 29.2 Å². The third-order valence-corrected chi connectivity index (χ3v) is 5.02. The Kier molecular flexibility index (Phi) is 3.83. The van der Waals surface area contributed by atoms with Gasteiger partial charge in [0.05, 0.1) is 0 Å². The molecular weight excluding hydrogens is 302 g/mol. The number of carboxylic acid groups (broad SMARTS) is 1. The molecular formula is C15H19N3O5. The lowest BCUT2D eigenvalue weighted by atomic mass is 9.84. The Morgan fingerprint density at radius 3 is 2.65 bits per heavy atom. The summed E-state index contributed by atoms with van der Waals surface area (Å²) < 4.78 is 0.817. The summed E-state index contributed by atoms with van der Waals surface area (Å²) >= 11 is 0. The van der Waals surface area contributed by atoms with Gasteiger partial charge in [0.15, 0.2) is 0 Å². The van der Waals surface area contributed by atoms with E-state index in [0.717, 1.165) is 36.4 Å². The minimum Gasteiger partial charge on any atom is -0.480 e. The summed E-state index contributed by atoms with van der Waals surface area (Å²) in [6.07, 6.45) is 5.15. The number of carboxylic acids is 1. The standard InChI is InChI=1S/C15H19N3O5/c1-17-12(19)9(7-16-15(17)23)13(20)18-10-5-3-2-4-8(10)6-11(18)14(21)22/h7-8,10-11H,2-6H2,1H3,(H,16,23)(H,21,22). The number of nitrogens with zero attached hydrogens (tertiary/aromatic N) is 2. The molecule has 1 aromatic heterocycles. The predicted molar refractivity (Wildman–Crippen MR) is 80.3 cm³/mol. The van der Waals surface area contributed by atoms with Crippen LogP contribution in [0.2, 0.25) is 0 Å². The SMILES string of the molecule is Cn1c(=O)[nH]cc(C(=O)N2C(C(=O)O)CC3CCCCC32)c1=O. The lowest BCUT2D eigenvalue weighted by Gasteiger charge is -2.32. The second-order valence-corrected chi connectivity index (χ2v) is 6.29. The normalized spacial score (nSPS) is 26.8. The van der Waals surface area contributed by atoms with Gasteiger partial charge in [0.25, 0.3) is 11.5 Å². The molecule has 1 aromatic rings. The van der Waals surface area contributed by atoms with Crippen LogP contribution < -0.4 is 11.2 Å². The quantitative estimate of drug-likeness (QED) is 0.792. The molecule has 0 bridgehead atoms. The van der Waals surface area contributed by atoms with Crippen LogP contribution >= 0.6 is 0 Å². The fourth-order valence-electron chi connectivity index (χ4n) is 3.83. The molecule has 0 spiro atoms. The largest absolute Gasteiger partial charge is 0.480 e. The predicted octanol–water partition coefficient (Wildman–Crippen LogP) is -0.0685. The number of likely N-dealkylation sites (tertiary alicyclic amines) is 1. The van der Waals surface area contributed by atoms with Crippen LogP contribution in [-0.4, -0.2) is 43.5 Å². The van der Waals surface area contributed by atoms with Gasteiger partial charge in [-0.1, -0.05) is 12.8 Å². The molecule has 0 radical (unpaired) electrons. The first-order valence-electron chi connectivity index (χ1n) is 7.76. The number of nitrogens with one attached hydrogen (secondary N) is 1. The fraction of sp³-hybridized carbons (Fsp3) is 0.600. The molecule has 1 amide bonds. The van der Waals surface area contributed by atoms with Gasteiger partial charge in [0.2, 0.25) is 0 Å². The van der Waals surface area contributed by atoms with Crippen molar-refractivity contribution in [3.63, 3.8) is 0 Å². The summed E-state index contributed by atoms with van der Waals surface area (Å²) in [5.41, 5.74) is -1.51. The van der Waals surface area contributed by atoms with Gasteiger partial charge in [0, 0.05) is 19.3 Å². The zero-order valence-electron chi connectivity index (χ0n) is 12.8. The van der Waals surface area contributed by atoms with Crippen LogP contribution in [0.25, 0.3) is 0 Å². The van der Waals surface area contributed by atoms with Crippen molar-refractivity contribution in [2.45, 2.75) is 44.2 Å². The van der Waals surface area contributed by atoms with Crippen LogP contribution in [0.4, 0.5) is 0 Å². The molecule has 124 valence electrons. The maximum Gasteiger partial charge on any atom is 0.328 e. The van der Waals surface area contributed by atoms with Crippen molar-refractivity contribution in [1.29, 1.82) is 0 Å². The number of hydrogen-bond acceptors (Lipinski definition) is 4. The van der Waals surface area contributed by atoms with Crippen LogP contribution in [0.1, 0.15) is 42.5 Å². The van der Waals surface area contributed by atoms with Gasteiger partial charge < -0.3 is 15.0 Å². The zero-order chi connectivity index (χ0) is 16.7. The molecule has 2 heterocycles. The number of fused-ring (bicyclic) bond motifs is 1. The summed E-state index contributed by atoms with van der Waals surface area (Å²) in [4.78, 5) is 51.7. The maximum atomic E-state index is 12.8. The summed E-state index contributed by atoms with van der Waals surface area (Å²) in [7, 11) is 1.28. The molecule has 1 aliphatic carbocycles. The first-order valence-corrected chi connectivity index (χ1v) is 7.76. The van der Waals surface area contributed by atoms with Crippen molar-refractivity contribution >= 4 is 11.9 Å². The van der Waals surface area contributed by atoms with E-state index in [2.05, 4.69) is 4.98 Å². The van der Waals surface area contributed by atoms with Gasteiger partial charge in [-0.25, -0.2) is 9.59 Å². The average molecular weight is 321 g/mol. The second kappa shape index (κ2) is 5.68. The molecule has 0 aromatic carbocycles. The topological polar surface area (TPSA) is 112 Å². The van der Waals surface area contributed by atoms with E-state index in [9.17, 15) is 24.3 Å². The Balaban J connectivity index is 2.02. The van der Waals surface area contributed by atoms with Gasteiger partial charge in [-0.2, -0.15) is 0 Å². The number of aliphatic carboxylic acids is 1. The van der Waals surface area contributed by atoms with E-state index in [1.165, 1.54) is 11.9 Å². The minimum atomic E-state index is -1.05. The number of hydrogen-bond donors (Lipinski definition) is 2. The van der Waals surface area contributed by atoms with Crippen LogP contribution in [0, 0.1) is 5.92 Å². The first kappa shape index (κ1) is 15.5. The molecule has 8 heteroatoms. The number of aromatic amines is 1. The van der Waals surface area contributed by atoms with Crippen molar-refractivity contribution < 1.29 is 14.7 Å². The number of carbonyl (C=O) groups excluding carboxylic acids is 1. The second-order valence-electron chi connectivity index (χ2n) is 6.29. The van der Waals surface area contributed by atoms with Crippen LogP contribution in [0.15, 0.2) is 15.8 Å². The number of amides is 1. The van der Waals surface area contributed by atoms with E-state index in [0.29, 0.717) is 6.42 Å². The van der Waals surface area contributed by atoms with Crippen LogP contribution in [0.5, 0.6) is 0 Å². The molecule has 2 aliphatic rings. The number of rotatable bonds is 2. The van der Waals surface area contributed by atoms with E-state index in [1.807, 2.05) is 0 Å². The first-order chi connectivity index (χ1) is 10.9. The monoisotopic (exact) mass is 321 g/mol. The molecule has 1 saturated carbocycles. The van der Waals surface area contributed by atoms with Crippen molar-refractivity contribution in [3.05, 3.63) is 32.6 Å². The van der Waals surface area contributed by atoms with Crippen LogP contribution in [-0.2, 0) is 11.8 Å². The minimum absolute atomic E-state index is 0.144. The summed E-state index contributed by atoms with van der Waals surface area (Å²) in [5.74, 6) is -1.49. The Labute approximate surface area is 131 Å². The lowest BCUT2D eigenvalue weighted by molar-refractivity contribution is -0.141. The highest BCUT2D eigenvalue weighted by Crippen LogP contribution is 2.40. The van der Waals surface area contributed by atoms with Crippen LogP contribution in [0.3, 0.4) is 0 Å². The van der Waals surface area contributed by atoms with Crippen molar-refractivity contribution in [2.24, 2.45) is 13.0 Å². The summed E-state index contributed by atoms with van der Waals surface area (Å²) in [5, 5.41) is 9.46. The zero-order valence-corrected chi connectivity index (χ0v) is 12.8. The average Bonchev–Trinajstić information content (AvgIpc) is 2.92. The highest BCUT2D eigenvalue weighted by molar-refractivity contribution is 5.96. The summed E-state index contributed by atoms with van der Waals surface area (Å²) in [6, 6.07) is -1.05. The van der Waals surface area contributed by atoms with E-state index in [1.54, 1.807) is 0 Å². The lowest BCUT2D eigenvalue weighted by Crippen LogP contribution is -2.49. The number of carbonyl (C=O) groups is 2. The Morgan fingerprint density at radius 1 is 1.26 bits per heavy atom. The van der Waals surface area contributed by atoms with Gasteiger partial charge in [0.1, 0.15) is 11.6 Å². The Hall–Kier alpha value is -2.38. The van der Waals surface area contributed by atoms with E-state index in [-0.39, 0.29) is 17.5 Å². The van der Waals surface area contributed by atoms with Crippen molar-refractivity contribution in [1.82, 2.24) is 14.5 Å². The number of aromatic nitrogens is 2. The maximum absolute atomic E-state index is 12.8. The molecule has 2 fully saturated rings. The molecule has 3 atom stereocenters. The molecule has 1 saturated heterocycles. The molecule has 3 rings (SSSR count). The van der Waals surface area contributed by atoms with Crippen molar-refractivity contribution in [2.75, 3.05) is 0 Å². The highest BCUT2D eigenvalue weighted by Gasteiger charge is 2.48. The smallest absolute Gasteiger partial charge is 0.328 e. The molecule has 1 aliphatic heterocycles. The van der Waals surface area contributed by atoms with Gasteiger partial charge in [-0.3, -0.25) is 14.2 Å². The van der Waals surface area contributed by atoms with Gasteiger partial charge >= 0.3 is 11.7 Å².